The van der Waals surface area contributed by atoms with Crippen LogP contribution in [0.4, 0.5) is 0 Å². The van der Waals surface area contributed by atoms with Crippen LogP contribution in [0.25, 0.3) is 10.9 Å². The monoisotopic (exact) mass is 465 g/mol. The number of benzene rings is 2. The number of hydrogen-bond donors (Lipinski definition) is 1. The normalized spacial score (nSPS) is 15.5. The maximum Gasteiger partial charge on any atom is 0.303 e. The van der Waals surface area contributed by atoms with Gasteiger partial charge in [-0.05, 0) is 43.2 Å². The molecule has 0 radical (unpaired) electrons. The lowest BCUT2D eigenvalue weighted by Gasteiger charge is -2.23. The molecule has 4 rings (SSSR count). The van der Waals surface area contributed by atoms with Crippen molar-refractivity contribution in [1.82, 2.24) is 9.99 Å². The molecule has 0 saturated carbocycles. The van der Waals surface area contributed by atoms with E-state index in [9.17, 15) is 9.59 Å². The van der Waals surface area contributed by atoms with Crippen molar-refractivity contribution in [2.45, 2.75) is 38.6 Å². The van der Waals surface area contributed by atoms with Gasteiger partial charge in [-0.25, -0.2) is 9.99 Å². The van der Waals surface area contributed by atoms with Gasteiger partial charge in [0.1, 0.15) is 10.9 Å². The van der Waals surface area contributed by atoms with Gasteiger partial charge < -0.3 is 9.84 Å². The summed E-state index contributed by atoms with van der Waals surface area (Å²) in [4.78, 5) is 28.5. The number of methoxy groups -OCH3 is 1. The first-order chi connectivity index (χ1) is 15.9. The highest BCUT2D eigenvalue weighted by atomic mass is 35.5. The summed E-state index contributed by atoms with van der Waals surface area (Å²) in [6, 6.07) is 15.0. The molecule has 2 aromatic carbocycles. The Morgan fingerprint density at radius 2 is 2.00 bits per heavy atom. The summed E-state index contributed by atoms with van der Waals surface area (Å²) in [5.41, 5.74) is 4.22. The van der Waals surface area contributed by atoms with Gasteiger partial charge >= 0.3 is 5.97 Å². The number of carboxylic acid groups (broad SMARTS) is 1. The molecule has 1 atom stereocenters. The highest BCUT2D eigenvalue weighted by Crippen LogP contribution is 2.38. The average molecular weight is 466 g/mol. The first-order valence-electron chi connectivity index (χ1n) is 10.7. The number of halogens is 1. The maximum absolute atomic E-state index is 13.1. The Morgan fingerprint density at radius 1 is 1.18 bits per heavy atom. The van der Waals surface area contributed by atoms with Crippen LogP contribution in [0.5, 0.6) is 5.75 Å². The van der Waals surface area contributed by atoms with Crippen molar-refractivity contribution in [3.63, 3.8) is 0 Å². The summed E-state index contributed by atoms with van der Waals surface area (Å²) >= 11 is 6.58. The van der Waals surface area contributed by atoms with Crippen LogP contribution in [-0.2, 0) is 9.59 Å². The van der Waals surface area contributed by atoms with Crippen molar-refractivity contribution >= 4 is 40.1 Å². The number of rotatable bonds is 7. The number of nitrogens with zero attached hydrogens (tertiary/aromatic N) is 3. The Labute approximate surface area is 196 Å². The zero-order chi connectivity index (χ0) is 23.5. The first-order valence-corrected chi connectivity index (χ1v) is 11.1. The number of aryl methyl sites for hydroxylation is 1. The molecule has 1 amide bonds. The van der Waals surface area contributed by atoms with Gasteiger partial charge in [0.15, 0.2) is 0 Å². The number of carboxylic acids is 1. The Kier molecular flexibility index (Phi) is 6.60. The zero-order valence-corrected chi connectivity index (χ0v) is 19.2. The van der Waals surface area contributed by atoms with E-state index in [1.54, 1.807) is 7.11 Å². The van der Waals surface area contributed by atoms with Gasteiger partial charge in [-0.2, -0.15) is 5.10 Å². The standard InChI is InChI=1S/C25H24ClN3O4/c1-15-5-3-6-16(11-15)21-14-22(29(28-21)23(30)7-4-8-24(31)32)19-13-17-12-18(33-2)9-10-20(17)27-25(19)26/h3,5-6,9-13,22H,4,7-8,14H2,1-2H3,(H,31,32)/t22-/m0/s1. The fourth-order valence-electron chi connectivity index (χ4n) is 4.00. The van der Waals surface area contributed by atoms with Gasteiger partial charge in [0.2, 0.25) is 5.91 Å². The third kappa shape index (κ3) is 4.98. The largest absolute Gasteiger partial charge is 0.497 e. The van der Waals surface area contributed by atoms with Crippen molar-refractivity contribution < 1.29 is 19.4 Å². The van der Waals surface area contributed by atoms with E-state index < -0.39 is 12.0 Å². The second-order valence-corrected chi connectivity index (χ2v) is 8.41. The van der Waals surface area contributed by atoms with Crippen LogP contribution in [-0.4, -0.2) is 39.8 Å². The van der Waals surface area contributed by atoms with E-state index in [2.05, 4.69) is 10.1 Å². The van der Waals surface area contributed by atoms with Crippen molar-refractivity contribution in [3.8, 4) is 5.75 Å². The number of pyridine rings is 1. The van der Waals surface area contributed by atoms with Crippen LogP contribution in [0.2, 0.25) is 5.15 Å². The molecule has 0 aliphatic carbocycles. The van der Waals surface area contributed by atoms with E-state index in [0.29, 0.717) is 22.9 Å². The minimum Gasteiger partial charge on any atom is -0.497 e. The summed E-state index contributed by atoms with van der Waals surface area (Å²) in [6.07, 6.45) is 0.731. The molecule has 0 bridgehead atoms. The minimum absolute atomic E-state index is 0.0726. The van der Waals surface area contributed by atoms with Crippen LogP contribution in [0.15, 0.2) is 53.6 Å². The van der Waals surface area contributed by atoms with Crippen molar-refractivity contribution in [2.75, 3.05) is 7.11 Å². The summed E-state index contributed by atoms with van der Waals surface area (Å²) in [6.45, 7) is 2.00. The first kappa shape index (κ1) is 22.7. The van der Waals surface area contributed by atoms with Gasteiger partial charge in [-0.3, -0.25) is 9.59 Å². The molecule has 7 nitrogen and oxygen atoms in total. The molecule has 1 aliphatic heterocycles. The molecular weight excluding hydrogens is 442 g/mol. The van der Waals surface area contributed by atoms with E-state index in [0.717, 1.165) is 27.7 Å². The van der Waals surface area contributed by atoms with Crippen LogP contribution < -0.4 is 4.74 Å². The zero-order valence-electron chi connectivity index (χ0n) is 18.4. The number of hydrogen-bond acceptors (Lipinski definition) is 5. The maximum atomic E-state index is 13.1. The average Bonchev–Trinajstić information content (AvgIpc) is 3.23. The van der Waals surface area contributed by atoms with Gasteiger partial charge in [0.25, 0.3) is 0 Å². The lowest BCUT2D eigenvalue weighted by Crippen LogP contribution is -2.27. The summed E-state index contributed by atoms with van der Waals surface area (Å²) in [5, 5.41) is 16.2. The molecule has 1 N–H and O–H groups in total. The number of ether oxygens (including phenoxy) is 1. The van der Waals surface area contributed by atoms with Gasteiger partial charge in [-0.15, -0.1) is 0 Å². The SMILES string of the molecule is COc1ccc2nc(Cl)c([C@@H]3CC(c4cccc(C)c4)=NN3C(=O)CCCC(=O)O)cc2c1. The minimum atomic E-state index is -0.930. The molecule has 2 heterocycles. The summed E-state index contributed by atoms with van der Waals surface area (Å²) in [7, 11) is 1.60. The molecule has 0 fully saturated rings. The number of hydrazone groups is 1. The second-order valence-electron chi connectivity index (χ2n) is 8.05. The smallest absolute Gasteiger partial charge is 0.303 e. The number of aliphatic carboxylic acids is 1. The molecular formula is C25H24ClN3O4. The molecule has 0 spiro atoms. The molecule has 1 aliphatic rings. The van der Waals surface area contributed by atoms with E-state index in [1.165, 1.54) is 5.01 Å². The molecule has 33 heavy (non-hydrogen) atoms. The van der Waals surface area contributed by atoms with Crippen molar-refractivity contribution in [3.05, 3.63) is 70.4 Å². The number of amides is 1. The molecule has 3 aromatic rings. The highest BCUT2D eigenvalue weighted by Gasteiger charge is 2.34. The Morgan fingerprint density at radius 3 is 2.73 bits per heavy atom. The fourth-order valence-corrected chi connectivity index (χ4v) is 4.27. The Hall–Kier alpha value is -3.45. The lowest BCUT2D eigenvalue weighted by molar-refractivity contribution is -0.137. The van der Waals surface area contributed by atoms with E-state index >= 15 is 0 Å². The van der Waals surface area contributed by atoms with Gasteiger partial charge in [0.05, 0.1) is 24.4 Å². The molecule has 1 aromatic heterocycles. The third-order valence-corrected chi connectivity index (χ3v) is 5.96. The van der Waals surface area contributed by atoms with Crippen LogP contribution >= 0.6 is 11.6 Å². The predicted octanol–water partition coefficient (Wildman–Crippen LogP) is 5.14. The van der Waals surface area contributed by atoms with Crippen LogP contribution in [0.3, 0.4) is 0 Å². The number of carbonyl (C=O) groups is 2. The summed E-state index contributed by atoms with van der Waals surface area (Å²) in [5.74, 6) is -0.478. The second kappa shape index (κ2) is 9.58. The molecule has 170 valence electrons. The third-order valence-electron chi connectivity index (χ3n) is 5.66. The number of aromatic nitrogens is 1. The van der Waals surface area contributed by atoms with Crippen LogP contribution in [0, 0.1) is 6.92 Å². The van der Waals surface area contributed by atoms with E-state index in [-0.39, 0.29) is 25.2 Å². The molecule has 0 unspecified atom stereocenters. The van der Waals surface area contributed by atoms with Gasteiger partial charge in [0, 0.05) is 30.2 Å². The number of fused-ring (bicyclic) bond motifs is 1. The van der Waals surface area contributed by atoms with Gasteiger partial charge in [-0.1, -0.05) is 41.4 Å². The lowest BCUT2D eigenvalue weighted by atomic mass is 9.97. The Bertz CT molecular complexity index is 1260. The fraction of sp³-hybridized carbons (Fsp3) is 0.280. The Balaban J connectivity index is 1.72. The van der Waals surface area contributed by atoms with E-state index in [4.69, 9.17) is 21.4 Å². The van der Waals surface area contributed by atoms with E-state index in [1.807, 2.05) is 55.5 Å². The number of carbonyl (C=O) groups excluding carboxylic acids is 1. The molecule has 0 saturated heterocycles. The topological polar surface area (TPSA) is 92.1 Å². The van der Waals surface area contributed by atoms with Crippen LogP contribution in [0.1, 0.15) is 48.4 Å². The summed E-state index contributed by atoms with van der Waals surface area (Å²) < 4.78 is 5.33. The van der Waals surface area contributed by atoms with Crippen molar-refractivity contribution in [2.24, 2.45) is 5.10 Å². The highest BCUT2D eigenvalue weighted by molar-refractivity contribution is 6.30. The molecule has 8 heteroatoms. The predicted molar refractivity (Wildman–Crippen MR) is 127 cm³/mol. The quantitative estimate of drug-likeness (QED) is 0.488. The van der Waals surface area contributed by atoms with Crippen molar-refractivity contribution in [1.29, 1.82) is 0 Å².